The molecule has 174 valence electrons. The Balaban J connectivity index is 0.00000341. The molecular weight excluding hydrogens is 443 g/mol. The number of imide groups is 1. The van der Waals surface area contributed by atoms with E-state index in [1.165, 1.54) is 17.0 Å². The highest BCUT2D eigenvalue weighted by Gasteiger charge is 2.26. The molecule has 0 unspecified atom stereocenters. The summed E-state index contributed by atoms with van der Waals surface area (Å²) < 4.78 is 44.5. The Hall–Kier alpha value is -1.81. The van der Waals surface area contributed by atoms with Gasteiger partial charge in [-0.15, -0.1) is 0 Å². The summed E-state index contributed by atoms with van der Waals surface area (Å²) >= 11 is 0. The van der Waals surface area contributed by atoms with Crippen molar-refractivity contribution < 1.29 is 27.1 Å². The van der Waals surface area contributed by atoms with Crippen molar-refractivity contribution in [3.05, 3.63) is 29.6 Å². The van der Waals surface area contributed by atoms with Crippen LogP contribution in [0.5, 0.6) is 5.75 Å². The molecule has 31 heavy (non-hydrogen) atoms. The van der Waals surface area contributed by atoms with Crippen LogP contribution >= 0.6 is 13.5 Å². The van der Waals surface area contributed by atoms with Crippen molar-refractivity contribution in [2.24, 2.45) is 5.92 Å². The van der Waals surface area contributed by atoms with Crippen LogP contribution in [0.4, 0.5) is 9.18 Å². The van der Waals surface area contributed by atoms with Gasteiger partial charge in [0, 0.05) is 12.6 Å². The molecule has 0 spiro atoms. The monoisotopic (exact) mass is 474 g/mol. The van der Waals surface area contributed by atoms with E-state index in [9.17, 15) is 22.4 Å². The number of carbonyl (C=O) groups excluding carboxylic acids is 2. The zero-order valence-electron chi connectivity index (χ0n) is 17.7. The molecule has 2 fully saturated rings. The van der Waals surface area contributed by atoms with Gasteiger partial charge in [0.15, 0.2) is 9.84 Å². The maximum absolute atomic E-state index is 13.9. The van der Waals surface area contributed by atoms with Gasteiger partial charge < -0.3 is 9.64 Å². The minimum Gasteiger partial charge on any atom is -0.493 e. The maximum atomic E-state index is 13.9. The molecule has 0 bridgehead atoms. The molecule has 3 rings (SSSR count). The summed E-state index contributed by atoms with van der Waals surface area (Å²) in [7, 11) is -3.30. The number of amides is 3. The molecule has 1 N–H and O–H groups in total. The van der Waals surface area contributed by atoms with Gasteiger partial charge in [0.25, 0.3) is 0 Å². The van der Waals surface area contributed by atoms with Crippen LogP contribution in [-0.4, -0.2) is 56.5 Å². The number of sulfone groups is 1. The molecule has 1 atom stereocenters. The van der Waals surface area contributed by atoms with E-state index in [2.05, 4.69) is 5.32 Å². The molecule has 3 amide bonds. The molecule has 0 radical (unpaired) electrons. The molecule has 0 aromatic heterocycles. The predicted molar refractivity (Wildman–Crippen MR) is 121 cm³/mol. The third-order valence-corrected chi connectivity index (χ3v) is 7.32. The van der Waals surface area contributed by atoms with E-state index in [1.807, 2.05) is 0 Å². The van der Waals surface area contributed by atoms with E-state index >= 15 is 0 Å². The van der Waals surface area contributed by atoms with Crippen LogP contribution in [0.15, 0.2) is 18.2 Å². The summed E-state index contributed by atoms with van der Waals surface area (Å²) in [5, 5.41) is 2.21. The summed E-state index contributed by atoms with van der Waals surface area (Å²) in [6.45, 7) is 2.85. The van der Waals surface area contributed by atoms with Gasteiger partial charge in [-0.3, -0.25) is 10.1 Å². The fourth-order valence-electron chi connectivity index (χ4n) is 3.48. The summed E-state index contributed by atoms with van der Waals surface area (Å²) in [6, 6.07) is 4.04. The molecule has 2 aliphatic rings. The number of benzene rings is 1. The zero-order chi connectivity index (χ0) is 21.7. The van der Waals surface area contributed by atoms with Crippen LogP contribution in [0, 0.1) is 11.7 Å². The first kappa shape index (κ1) is 25.5. The third-order valence-electron chi connectivity index (χ3n) is 5.40. The highest BCUT2D eigenvalue weighted by atomic mass is 32.2. The second-order valence-electron chi connectivity index (χ2n) is 8.33. The molecule has 1 saturated carbocycles. The summed E-state index contributed by atoms with van der Waals surface area (Å²) in [6.07, 6.45) is 4.04. The third kappa shape index (κ3) is 8.33. The summed E-state index contributed by atoms with van der Waals surface area (Å²) in [4.78, 5) is 24.0. The van der Waals surface area contributed by atoms with Gasteiger partial charge in [0.05, 0.1) is 18.1 Å². The lowest BCUT2D eigenvalue weighted by molar-refractivity contribution is -0.118. The van der Waals surface area contributed by atoms with Crippen LogP contribution in [0.3, 0.4) is 0 Å². The highest BCUT2D eigenvalue weighted by Crippen LogP contribution is 2.31. The first-order valence-electron chi connectivity index (χ1n) is 10.4. The van der Waals surface area contributed by atoms with E-state index in [-0.39, 0.29) is 43.4 Å². The number of nitrogens with one attached hydrogen (secondary N) is 1. The molecule has 1 aliphatic heterocycles. The SMILES string of the molecule is C[C@H](CS(=O)(=O)CCCCCN1CC(=O)NC1=O)c1cc(F)cc(OCC2CC2)c1.S. The number of urea groups is 1. The van der Waals surface area contributed by atoms with Crippen LogP contribution in [0.25, 0.3) is 0 Å². The van der Waals surface area contributed by atoms with Crippen LogP contribution in [0.2, 0.25) is 0 Å². The Morgan fingerprint density at radius 2 is 1.94 bits per heavy atom. The van der Waals surface area contributed by atoms with Gasteiger partial charge in [-0.05, 0) is 55.2 Å². The number of hydrogen-bond acceptors (Lipinski definition) is 5. The number of unbranched alkanes of at least 4 members (excludes halogenated alkanes) is 2. The highest BCUT2D eigenvalue weighted by molar-refractivity contribution is 7.91. The average Bonchev–Trinajstić information content (AvgIpc) is 3.43. The Bertz CT molecular complexity index is 890. The van der Waals surface area contributed by atoms with Crippen LogP contribution in [0.1, 0.15) is 50.5 Å². The zero-order valence-corrected chi connectivity index (χ0v) is 19.5. The molecule has 10 heteroatoms. The predicted octanol–water partition coefficient (Wildman–Crippen LogP) is 2.97. The number of carbonyl (C=O) groups is 2. The Morgan fingerprint density at radius 3 is 2.58 bits per heavy atom. The largest absolute Gasteiger partial charge is 0.493 e. The normalized spacial score (nSPS) is 17.3. The lowest BCUT2D eigenvalue weighted by atomic mass is 10.0. The van der Waals surface area contributed by atoms with Crippen molar-refractivity contribution in [1.82, 2.24) is 10.2 Å². The Kier molecular flexibility index (Phi) is 9.17. The molecule has 1 heterocycles. The van der Waals surface area contributed by atoms with Crippen LogP contribution in [-0.2, 0) is 14.6 Å². The van der Waals surface area contributed by atoms with Gasteiger partial charge >= 0.3 is 6.03 Å². The van der Waals surface area contributed by atoms with Gasteiger partial charge in [-0.2, -0.15) is 13.5 Å². The number of hydrogen-bond donors (Lipinski definition) is 1. The first-order valence-corrected chi connectivity index (χ1v) is 12.3. The fourth-order valence-corrected chi connectivity index (χ4v) is 5.24. The Morgan fingerprint density at radius 1 is 1.19 bits per heavy atom. The topological polar surface area (TPSA) is 92.8 Å². The number of halogens is 1. The fraction of sp³-hybridized carbons (Fsp3) is 0.619. The minimum atomic E-state index is -3.30. The standard InChI is InChI=1S/C21H29FN2O5S.H2S/c1-15(17-9-18(22)11-19(10-17)29-13-16-5-6-16)14-30(27,28)8-4-2-3-7-24-12-20(25)23-21(24)26;/h9-11,15-16H,2-8,12-14H2,1H3,(H,23,25,26);1H2/t15-;/m1./s1. The summed E-state index contributed by atoms with van der Waals surface area (Å²) in [5.74, 6) is -0.0830. The molecule has 1 aromatic carbocycles. The van der Waals surface area contributed by atoms with Crippen LogP contribution < -0.4 is 10.1 Å². The van der Waals surface area contributed by atoms with Crippen molar-refractivity contribution in [1.29, 1.82) is 0 Å². The number of rotatable bonds is 12. The van der Waals surface area contributed by atoms with Crippen molar-refractivity contribution in [3.8, 4) is 5.75 Å². The molecular formula is C21H31FN2O5S2. The smallest absolute Gasteiger partial charge is 0.324 e. The molecule has 1 aliphatic carbocycles. The van der Waals surface area contributed by atoms with Crippen molar-refractivity contribution in [2.75, 3.05) is 31.2 Å². The van der Waals surface area contributed by atoms with Gasteiger partial charge in [0.1, 0.15) is 18.1 Å². The molecule has 1 aromatic rings. The summed E-state index contributed by atoms with van der Waals surface area (Å²) in [5.41, 5.74) is 0.620. The van der Waals surface area contributed by atoms with E-state index < -0.39 is 21.7 Å². The average molecular weight is 475 g/mol. The van der Waals surface area contributed by atoms with E-state index in [0.717, 1.165) is 12.8 Å². The number of nitrogens with zero attached hydrogens (tertiary/aromatic N) is 1. The minimum absolute atomic E-state index is 0. The lowest BCUT2D eigenvalue weighted by Gasteiger charge is -2.15. The Labute approximate surface area is 190 Å². The van der Waals surface area contributed by atoms with E-state index in [0.29, 0.717) is 49.6 Å². The maximum Gasteiger partial charge on any atom is 0.324 e. The van der Waals surface area contributed by atoms with Gasteiger partial charge in [0.2, 0.25) is 5.91 Å². The first-order chi connectivity index (χ1) is 14.2. The molecule has 7 nitrogen and oxygen atoms in total. The van der Waals surface area contributed by atoms with Crippen molar-refractivity contribution in [3.63, 3.8) is 0 Å². The van der Waals surface area contributed by atoms with Gasteiger partial charge in [-0.1, -0.05) is 13.3 Å². The molecule has 1 saturated heterocycles. The van der Waals surface area contributed by atoms with E-state index in [4.69, 9.17) is 4.74 Å². The lowest BCUT2D eigenvalue weighted by Crippen LogP contribution is -2.29. The quantitative estimate of drug-likeness (QED) is 0.371. The van der Waals surface area contributed by atoms with Crippen molar-refractivity contribution >= 4 is 35.3 Å². The van der Waals surface area contributed by atoms with Crippen molar-refractivity contribution in [2.45, 2.75) is 44.9 Å². The number of ether oxygens (including phenoxy) is 1. The second kappa shape index (κ2) is 11.2. The van der Waals surface area contributed by atoms with E-state index in [1.54, 1.807) is 13.0 Å². The van der Waals surface area contributed by atoms with Gasteiger partial charge in [-0.25, -0.2) is 17.6 Å². The second-order valence-corrected chi connectivity index (χ2v) is 10.6.